The lowest BCUT2D eigenvalue weighted by Crippen LogP contribution is -2.17. The number of aromatic nitrogens is 3. The Morgan fingerprint density at radius 2 is 1.97 bits per heavy atom. The van der Waals surface area contributed by atoms with E-state index in [0.717, 1.165) is 42.6 Å². The number of carbonyl (C=O) groups excluding carboxylic acids is 2. The highest BCUT2D eigenvalue weighted by Crippen LogP contribution is 2.39. The molecule has 1 N–H and O–H groups in total. The largest absolute Gasteiger partial charge is 0.482 e. The molecule has 10 heteroatoms. The lowest BCUT2D eigenvalue weighted by molar-refractivity contribution is -0.113. The first-order chi connectivity index (χ1) is 17.8. The third kappa shape index (κ3) is 6.01. The minimum atomic E-state index is -0.363. The summed E-state index contributed by atoms with van der Waals surface area (Å²) in [7, 11) is 0. The Kier molecular flexibility index (Phi) is 8.91. The average molecular weight is 543 g/mol. The molecule has 0 radical (unpaired) electrons. The monoisotopic (exact) mass is 542 g/mol. The summed E-state index contributed by atoms with van der Waals surface area (Å²) in [5.74, 6) is 1.12. The Bertz CT molecular complexity index is 1280. The van der Waals surface area contributed by atoms with Crippen molar-refractivity contribution in [1.82, 2.24) is 14.8 Å². The normalized spacial score (nSPS) is 13.6. The molecule has 1 aromatic carbocycles. The number of nitrogens with one attached hydrogen (secondary N) is 1. The van der Waals surface area contributed by atoms with Crippen molar-refractivity contribution in [3.8, 4) is 5.75 Å². The SMILES string of the molecule is CCOC(=O)c1c(NC(=O)CSc2nnc(C(C)Oc3cccc(C)c3C)n2CC)sc2c1CCCC2. The number of fused-ring (bicyclic) bond motifs is 1. The molecule has 1 unspecified atom stereocenters. The van der Waals surface area contributed by atoms with Gasteiger partial charge in [-0.05, 0) is 83.1 Å². The van der Waals surface area contributed by atoms with Crippen molar-refractivity contribution in [2.45, 2.75) is 78.1 Å². The Hall–Kier alpha value is -2.85. The van der Waals surface area contributed by atoms with E-state index in [1.54, 1.807) is 6.92 Å². The molecule has 0 aliphatic heterocycles. The number of carbonyl (C=O) groups is 2. The molecule has 198 valence electrons. The van der Waals surface area contributed by atoms with Gasteiger partial charge in [-0.1, -0.05) is 23.9 Å². The molecule has 1 amide bonds. The van der Waals surface area contributed by atoms with E-state index in [9.17, 15) is 9.59 Å². The summed E-state index contributed by atoms with van der Waals surface area (Å²) in [6.45, 7) is 10.8. The second kappa shape index (κ2) is 12.1. The molecule has 37 heavy (non-hydrogen) atoms. The van der Waals surface area contributed by atoms with E-state index >= 15 is 0 Å². The van der Waals surface area contributed by atoms with Crippen molar-refractivity contribution in [2.75, 3.05) is 17.7 Å². The third-order valence-corrected chi connectivity index (χ3v) is 8.69. The predicted octanol–water partition coefficient (Wildman–Crippen LogP) is 5.90. The number of hydrogen-bond acceptors (Lipinski definition) is 8. The summed E-state index contributed by atoms with van der Waals surface area (Å²) in [4.78, 5) is 26.8. The molecule has 8 nitrogen and oxygen atoms in total. The molecule has 1 atom stereocenters. The molecule has 2 heterocycles. The fraction of sp³-hybridized carbons (Fsp3) is 0.481. The van der Waals surface area contributed by atoms with Crippen LogP contribution in [0.3, 0.4) is 0 Å². The van der Waals surface area contributed by atoms with Crippen LogP contribution in [0.5, 0.6) is 5.75 Å². The van der Waals surface area contributed by atoms with Crippen molar-refractivity contribution < 1.29 is 19.1 Å². The fourth-order valence-corrected chi connectivity index (χ4v) is 6.57. The van der Waals surface area contributed by atoms with Gasteiger partial charge in [-0.15, -0.1) is 21.5 Å². The zero-order valence-corrected chi connectivity index (χ0v) is 23.7. The standard InChI is InChI=1S/C27H34N4O4S2/c1-6-31-24(18(5)35-20-13-10-11-16(3)17(20)4)29-30-27(31)36-15-22(32)28-25-23(26(33)34-7-2)19-12-8-9-14-21(19)37-25/h10-11,13,18H,6-9,12,14-15H2,1-5H3,(H,28,32). The first-order valence-corrected chi connectivity index (χ1v) is 14.5. The van der Waals surface area contributed by atoms with Gasteiger partial charge >= 0.3 is 5.97 Å². The first-order valence-electron chi connectivity index (χ1n) is 12.7. The summed E-state index contributed by atoms with van der Waals surface area (Å²) in [5, 5.41) is 12.9. The number of nitrogens with zero attached hydrogens (tertiary/aromatic N) is 3. The van der Waals surface area contributed by atoms with E-state index in [4.69, 9.17) is 9.47 Å². The van der Waals surface area contributed by atoms with Crippen LogP contribution in [0.25, 0.3) is 0 Å². The summed E-state index contributed by atoms with van der Waals surface area (Å²) >= 11 is 2.81. The van der Waals surface area contributed by atoms with Crippen LogP contribution in [0.2, 0.25) is 0 Å². The van der Waals surface area contributed by atoms with Gasteiger partial charge in [0.25, 0.3) is 0 Å². The highest BCUT2D eigenvalue weighted by atomic mass is 32.2. The van der Waals surface area contributed by atoms with Crippen LogP contribution in [0.4, 0.5) is 5.00 Å². The molecule has 0 bridgehead atoms. The van der Waals surface area contributed by atoms with Gasteiger partial charge in [0.15, 0.2) is 17.1 Å². The van der Waals surface area contributed by atoms with Gasteiger partial charge < -0.3 is 19.4 Å². The number of rotatable bonds is 10. The summed E-state index contributed by atoms with van der Waals surface area (Å²) < 4.78 is 13.5. The van der Waals surface area contributed by atoms with Crippen LogP contribution in [-0.2, 0) is 28.9 Å². The van der Waals surface area contributed by atoms with Crippen LogP contribution >= 0.6 is 23.1 Å². The van der Waals surface area contributed by atoms with Crippen molar-refractivity contribution in [3.05, 3.63) is 51.2 Å². The molecule has 1 aliphatic carbocycles. The minimum Gasteiger partial charge on any atom is -0.482 e. The van der Waals surface area contributed by atoms with Gasteiger partial charge in [0.05, 0.1) is 17.9 Å². The molecule has 3 aromatic rings. The van der Waals surface area contributed by atoms with Gasteiger partial charge in [-0.2, -0.15) is 0 Å². The van der Waals surface area contributed by atoms with E-state index in [1.807, 2.05) is 37.5 Å². The molecule has 4 rings (SSSR count). The minimum absolute atomic E-state index is 0.148. The van der Waals surface area contributed by atoms with Crippen molar-refractivity contribution >= 4 is 40.0 Å². The molecular formula is C27H34N4O4S2. The lowest BCUT2D eigenvalue weighted by Gasteiger charge is -2.17. The number of thiophene rings is 1. The number of amides is 1. The number of benzene rings is 1. The molecule has 0 saturated carbocycles. The Morgan fingerprint density at radius 3 is 2.73 bits per heavy atom. The van der Waals surface area contributed by atoms with Gasteiger partial charge in [0.1, 0.15) is 10.8 Å². The van der Waals surface area contributed by atoms with Crippen LogP contribution in [0, 0.1) is 13.8 Å². The number of aryl methyl sites for hydroxylation is 2. The van der Waals surface area contributed by atoms with Crippen molar-refractivity contribution in [1.29, 1.82) is 0 Å². The van der Waals surface area contributed by atoms with Crippen molar-refractivity contribution in [2.24, 2.45) is 0 Å². The Balaban J connectivity index is 1.44. The molecule has 1 aliphatic rings. The third-order valence-electron chi connectivity index (χ3n) is 6.52. The quantitative estimate of drug-likeness (QED) is 0.252. The molecular weight excluding hydrogens is 508 g/mol. The summed E-state index contributed by atoms with van der Waals surface area (Å²) in [6.07, 6.45) is 3.61. The van der Waals surface area contributed by atoms with E-state index in [0.29, 0.717) is 34.7 Å². The second-order valence-corrected chi connectivity index (χ2v) is 11.1. The average Bonchev–Trinajstić information content (AvgIpc) is 3.46. The van der Waals surface area contributed by atoms with Gasteiger partial charge in [0.2, 0.25) is 5.91 Å². The maximum absolute atomic E-state index is 12.9. The number of thioether (sulfide) groups is 1. The summed E-state index contributed by atoms with van der Waals surface area (Å²) in [5.41, 5.74) is 3.82. The number of anilines is 1. The van der Waals surface area contributed by atoms with E-state index < -0.39 is 0 Å². The number of hydrogen-bond donors (Lipinski definition) is 1. The summed E-state index contributed by atoms with van der Waals surface area (Å²) in [6, 6.07) is 5.99. The first kappa shape index (κ1) is 27.2. The number of esters is 1. The maximum atomic E-state index is 12.9. The predicted molar refractivity (Wildman–Crippen MR) is 147 cm³/mol. The zero-order valence-electron chi connectivity index (χ0n) is 22.1. The molecule has 2 aromatic heterocycles. The molecule has 0 spiro atoms. The smallest absolute Gasteiger partial charge is 0.341 e. The second-order valence-electron chi connectivity index (χ2n) is 9.02. The van der Waals surface area contributed by atoms with Crippen LogP contribution < -0.4 is 10.1 Å². The highest BCUT2D eigenvalue weighted by molar-refractivity contribution is 7.99. The Labute approximate surface area is 226 Å². The van der Waals surface area contributed by atoms with Crippen LogP contribution in [0.15, 0.2) is 23.4 Å². The number of ether oxygens (including phenoxy) is 2. The van der Waals surface area contributed by atoms with Crippen LogP contribution in [0.1, 0.15) is 77.5 Å². The lowest BCUT2D eigenvalue weighted by atomic mass is 9.95. The zero-order chi connectivity index (χ0) is 26.5. The van der Waals surface area contributed by atoms with E-state index in [-0.39, 0.29) is 23.7 Å². The van der Waals surface area contributed by atoms with Gasteiger partial charge in [-0.25, -0.2) is 4.79 Å². The fourth-order valence-electron chi connectivity index (χ4n) is 4.47. The van der Waals surface area contributed by atoms with E-state index in [2.05, 4.69) is 28.5 Å². The maximum Gasteiger partial charge on any atom is 0.341 e. The topological polar surface area (TPSA) is 95.3 Å². The van der Waals surface area contributed by atoms with Crippen LogP contribution in [-0.4, -0.2) is 39.0 Å². The Morgan fingerprint density at radius 1 is 1.19 bits per heavy atom. The highest BCUT2D eigenvalue weighted by Gasteiger charge is 2.27. The van der Waals surface area contributed by atoms with Crippen molar-refractivity contribution in [3.63, 3.8) is 0 Å². The van der Waals surface area contributed by atoms with Gasteiger partial charge in [-0.3, -0.25) is 4.79 Å². The van der Waals surface area contributed by atoms with Gasteiger partial charge in [0, 0.05) is 11.4 Å². The molecule has 0 saturated heterocycles. The molecule has 0 fully saturated rings. The van der Waals surface area contributed by atoms with E-state index in [1.165, 1.54) is 33.5 Å².